The van der Waals surface area contributed by atoms with Gasteiger partial charge in [0.1, 0.15) is 12.4 Å². The zero-order chi connectivity index (χ0) is 24.1. The van der Waals surface area contributed by atoms with Gasteiger partial charge in [-0.1, -0.05) is 58.0 Å². The molecule has 2 unspecified atom stereocenters. The summed E-state index contributed by atoms with van der Waals surface area (Å²) >= 11 is 0. The molecule has 0 saturated heterocycles. The molecule has 0 saturated carbocycles. The highest BCUT2D eigenvalue weighted by Gasteiger charge is 2.28. The summed E-state index contributed by atoms with van der Waals surface area (Å²) in [7, 11) is 0. The molecule has 4 N–H and O–H groups in total. The van der Waals surface area contributed by atoms with Gasteiger partial charge in [-0.2, -0.15) is 0 Å². The van der Waals surface area contributed by atoms with E-state index in [0.29, 0.717) is 25.8 Å². The predicted octanol–water partition coefficient (Wildman–Crippen LogP) is 2.74. The lowest BCUT2D eigenvalue weighted by atomic mass is 9.93. The van der Waals surface area contributed by atoms with Gasteiger partial charge in [0.2, 0.25) is 5.91 Å². The SMILES string of the molecule is CC(C)C(=O)CC(NC(=O)C(N)CCCCNC(=O)OCc1ccccc1)C(=O)C(C)C. The van der Waals surface area contributed by atoms with E-state index in [1.807, 2.05) is 30.3 Å². The summed E-state index contributed by atoms with van der Waals surface area (Å²) in [5.74, 6) is -1.23. The van der Waals surface area contributed by atoms with Crippen LogP contribution in [-0.4, -0.2) is 42.2 Å². The zero-order valence-electron chi connectivity index (χ0n) is 19.6. The minimum atomic E-state index is -0.857. The average molecular weight is 448 g/mol. The maximum Gasteiger partial charge on any atom is 0.407 e. The molecule has 0 radical (unpaired) electrons. The summed E-state index contributed by atoms with van der Waals surface area (Å²) in [4.78, 5) is 48.6. The second-order valence-corrected chi connectivity index (χ2v) is 8.53. The summed E-state index contributed by atoms with van der Waals surface area (Å²) in [5, 5.41) is 5.31. The zero-order valence-corrected chi connectivity index (χ0v) is 19.6. The van der Waals surface area contributed by atoms with Gasteiger partial charge in [-0.15, -0.1) is 0 Å². The normalized spacial score (nSPS) is 12.8. The van der Waals surface area contributed by atoms with Crippen LogP contribution in [0, 0.1) is 11.8 Å². The number of nitrogens with one attached hydrogen (secondary N) is 2. The number of carbonyl (C=O) groups is 4. The lowest BCUT2D eigenvalue weighted by Gasteiger charge is -2.22. The van der Waals surface area contributed by atoms with Gasteiger partial charge in [0.05, 0.1) is 12.1 Å². The molecule has 0 fully saturated rings. The Morgan fingerprint density at radius 1 is 0.969 bits per heavy atom. The Hall–Kier alpha value is -2.74. The number of Topliss-reactive ketones (excluding diaryl/α,β-unsaturated/α-hetero) is 2. The van der Waals surface area contributed by atoms with Crippen LogP contribution in [0.4, 0.5) is 4.79 Å². The van der Waals surface area contributed by atoms with Crippen molar-refractivity contribution in [3.05, 3.63) is 35.9 Å². The molecule has 0 aliphatic rings. The Kier molecular flexibility index (Phi) is 12.2. The molecule has 0 heterocycles. The van der Waals surface area contributed by atoms with Crippen LogP contribution in [0.3, 0.4) is 0 Å². The van der Waals surface area contributed by atoms with Crippen LogP contribution in [0.1, 0.15) is 58.9 Å². The molecule has 2 amide bonds. The number of nitrogens with two attached hydrogens (primary N) is 1. The highest BCUT2D eigenvalue weighted by Crippen LogP contribution is 2.09. The van der Waals surface area contributed by atoms with Crippen LogP contribution >= 0.6 is 0 Å². The first-order valence-electron chi connectivity index (χ1n) is 11.2. The molecular formula is C24H37N3O5. The van der Waals surface area contributed by atoms with Crippen molar-refractivity contribution in [2.24, 2.45) is 17.6 Å². The molecule has 32 heavy (non-hydrogen) atoms. The fourth-order valence-corrected chi connectivity index (χ4v) is 2.93. The third-order valence-electron chi connectivity index (χ3n) is 5.04. The van der Waals surface area contributed by atoms with E-state index in [1.54, 1.807) is 27.7 Å². The Bertz CT molecular complexity index is 749. The Balaban J connectivity index is 2.33. The highest BCUT2D eigenvalue weighted by molar-refractivity contribution is 5.95. The van der Waals surface area contributed by atoms with E-state index in [1.165, 1.54) is 0 Å². The minimum Gasteiger partial charge on any atom is -0.445 e. The smallest absolute Gasteiger partial charge is 0.407 e. The maximum absolute atomic E-state index is 12.4. The van der Waals surface area contributed by atoms with E-state index in [-0.39, 0.29) is 36.4 Å². The predicted molar refractivity (Wildman–Crippen MR) is 123 cm³/mol. The summed E-state index contributed by atoms with van der Waals surface area (Å²) in [6.45, 7) is 7.60. The fraction of sp³-hybridized carbons (Fsp3) is 0.583. The first-order chi connectivity index (χ1) is 15.1. The van der Waals surface area contributed by atoms with Crippen LogP contribution in [0.25, 0.3) is 0 Å². The van der Waals surface area contributed by atoms with Gasteiger partial charge in [-0.25, -0.2) is 4.79 Å². The first kappa shape index (κ1) is 27.3. The van der Waals surface area contributed by atoms with E-state index in [4.69, 9.17) is 10.5 Å². The molecule has 8 nitrogen and oxygen atoms in total. The van der Waals surface area contributed by atoms with Gasteiger partial charge in [0, 0.05) is 24.8 Å². The molecule has 0 aliphatic heterocycles. The lowest BCUT2D eigenvalue weighted by Crippen LogP contribution is -2.50. The molecule has 0 bridgehead atoms. The van der Waals surface area contributed by atoms with E-state index < -0.39 is 24.1 Å². The molecular weight excluding hydrogens is 410 g/mol. The number of benzene rings is 1. The molecule has 1 rings (SSSR count). The van der Waals surface area contributed by atoms with Gasteiger partial charge in [0.25, 0.3) is 0 Å². The second kappa shape index (κ2) is 14.3. The number of amides is 2. The number of alkyl carbamates (subject to hydrolysis) is 1. The van der Waals surface area contributed by atoms with E-state index >= 15 is 0 Å². The number of ketones is 2. The number of ether oxygens (including phenoxy) is 1. The van der Waals surface area contributed by atoms with Crippen molar-refractivity contribution < 1.29 is 23.9 Å². The number of hydrogen-bond acceptors (Lipinski definition) is 6. The van der Waals surface area contributed by atoms with Gasteiger partial charge in [0.15, 0.2) is 5.78 Å². The van der Waals surface area contributed by atoms with E-state index in [9.17, 15) is 19.2 Å². The monoisotopic (exact) mass is 447 g/mol. The second-order valence-electron chi connectivity index (χ2n) is 8.53. The van der Waals surface area contributed by atoms with Crippen molar-refractivity contribution in [1.82, 2.24) is 10.6 Å². The van der Waals surface area contributed by atoms with Crippen LogP contribution in [0.15, 0.2) is 30.3 Å². The number of rotatable bonds is 14. The van der Waals surface area contributed by atoms with Crippen LogP contribution in [-0.2, 0) is 25.7 Å². The Labute approximate surface area is 190 Å². The summed E-state index contributed by atoms with van der Waals surface area (Å²) in [6.07, 6.45) is 1.11. The van der Waals surface area contributed by atoms with Gasteiger partial charge < -0.3 is 21.1 Å². The number of hydrogen-bond donors (Lipinski definition) is 3. The van der Waals surface area contributed by atoms with Crippen molar-refractivity contribution in [2.75, 3.05) is 6.54 Å². The van der Waals surface area contributed by atoms with E-state index in [2.05, 4.69) is 10.6 Å². The third-order valence-corrected chi connectivity index (χ3v) is 5.04. The van der Waals surface area contributed by atoms with Crippen LogP contribution < -0.4 is 16.4 Å². The largest absolute Gasteiger partial charge is 0.445 e. The summed E-state index contributed by atoms with van der Waals surface area (Å²) < 4.78 is 5.13. The molecule has 0 spiro atoms. The fourth-order valence-electron chi connectivity index (χ4n) is 2.93. The van der Waals surface area contributed by atoms with E-state index in [0.717, 1.165) is 5.56 Å². The standard InChI is InChI=1S/C24H37N3O5/c1-16(2)21(28)14-20(22(29)17(3)4)27-23(30)19(25)12-8-9-13-26-24(31)32-15-18-10-6-5-7-11-18/h5-7,10-11,16-17,19-20H,8-9,12-15,25H2,1-4H3,(H,26,31)(H,27,30). The van der Waals surface area contributed by atoms with Crippen LogP contribution in [0.2, 0.25) is 0 Å². The average Bonchev–Trinajstić information content (AvgIpc) is 2.76. The molecule has 1 aromatic rings. The van der Waals surface area contributed by atoms with Crippen LogP contribution in [0.5, 0.6) is 0 Å². The number of unbranched alkanes of at least 4 members (excludes halogenated alkanes) is 1. The lowest BCUT2D eigenvalue weighted by molar-refractivity contribution is -0.132. The molecule has 178 valence electrons. The van der Waals surface area contributed by atoms with Crippen molar-refractivity contribution >= 4 is 23.6 Å². The van der Waals surface area contributed by atoms with Crippen molar-refractivity contribution in [3.63, 3.8) is 0 Å². The number of carbonyl (C=O) groups excluding carboxylic acids is 4. The molecule has 0 aromatic heterocycles. The van der Waals surface area contributed by atoms with Crippen molar-refractivity contribution in [2.45, 2.75) is 72.1 Å². The molecule has 2 atom stereocenters. The minimum absolute atomic E-state index is 0.0256. The topological polar surface area (TPSA) is 128 Å². The third kappa shape index (κ3) is 10.5. The summed E-state index contributed by atoms with van der Waals surface area (Å²) in [5.41, 5.74) is 6.87. The van der Waals surface area contributed by atoms with Crippen molar-refractivity contribution in [3.8, 4) is 0 Å². The van der Waals surface area contributed by atoms with Gasteiger partial charge in [-0.05, 0) is 24.8 Å². The molecule has 8 heteroatoms. The quantitative estimate of drug-likeness (QED) is 0.376. The molecule has 0 aliphatic carbocycles. The maximum atomic E-state index is 12.4. The Morgan fingerprint density at radius 2 is 1.62 bits per heavy atom. The van der Waals surface area contributed by atoms with Gasteiger partial charge in [-0.3, -0.25) is 14.4 Å². The first-order valence-corrected chi connectivity index (χ1v) is 11.2. The Morgan fingerprint density at radius 3 is 2.22 bits per heavy atom. The van der Waals surface area contributed by atoms with Gasteiger partial charge >= 0.3 is 6.09 Å². The summed E-state index contributed by atoms with van der Waals surface area (Å²) in [6, 6.07) is 7.73. The highest BCUT2D eigenvalue weighted by atomic mass is 16.5. The van der Waals surface area contributed by atoms with Crippen molar-refractivity contribution in [1.29, 1.82) is 0 Å². The molecule has 1 aromatic carbocycles.